The lowest BCUT2D eigenvalue weighted by Crippen LogP contribution is -2.52. The van der Waals surface area contributed by atoms with Crippen molar-refractivity contribution < 1.29 is 5.11 Å². The zero-order chi connectivity index (χ0) is 11.5. The van der Waals surface area contributed by atoms with Gasteiger partial charge in [-0.2, -0.15) is 0 Å². The Hall–Kier alpha value is -0.860. The third-order valence-electron chi connectivity index (χ3n) is 3.40. The van der Waals surface area contributed by atoms with E-state index >= 15 is 0 Å². The summed E-state index contributed by atoms with van der Waals surface area (Å²) in [6, 6.07) is 10.5. The third kappa shape index (κ3) is 2.63. The molecule has 0 aliphatic carbocycles. The molecule has 1 fully saturated rings. The number of aliphatic hydroxyl groups is 1. The van der Waals surface area contributed by atoms with Gasteiger partial charge in [0.15, 0.2) is 0 Å². The number of likely N-dealkylation sites (tertiary alicyclic amines) is 1. The van der Waals surface area contributed by atoms with Crippen molar-refractivity contribution in [1.82, 2.24) is 4.90 Å². The fraction of sp³-hybridized carbons (Fsp3) is 0.571. The highest BCUT2D eigenvalue weighted by atomic mass is 16.3. The van der Waals surface area contributed by atoms with Gasteiger partial charge in [0.1, 0.15) is 0 Å². The van der Waals surface area contributed by atoms with Crippen molar-refractivity contribution in [2.45, 2.75) is 26.5 Å². The van der Waals surface area contributed by atoms with E-state index in [4.69, 9.17) is 0 Å². The molecule has 1 atom stereocenters. The zero-order valence-corrected chi connectivity index (χ0v) is 10.1. The van der Waals surface area contributed by atoms with E-state index in [0.29, 0.717) is 11.8 Å². The molecule has 1 aliphatic heterocycles. The molecule has 1 heterocycles. The van der Waals surface area contributed by atoms with E-state index in [9.17, 15) is 5.11 Å². The summed E-state index contributed by atoms with van der Waals surface area (Å²) in [6.07, 6.45) is -0.132. The summed E-state index contributed by atoms with van der Waals surface area (Å²) in [7, 11) is 0. The van der Waals surface area contributed by atoms with Crippen LogP contribution in [0.4, 0.5) is 0 Å². The van der Waals surface area contributed by atoms with Gasteiger partial charge in [-0.15, -0.1) is 0 Å². The molecule has 0 saturated carbocycles. The summed E-state index contributed by atoms with van der Waals surface area (Å²) >= 11 is 0. The standard InChI is InChI=1S/C14H21NO/c1-11(2)14(16)13-9-15(10-13)8-12-6-4-3-5-7-12/h3-7,11,13-14,16H,8-10H2,1-2H3. The fourth-order valence-corrected chi connectivity index (χ4v) is 2.34. The lowest BCUT2D eigenvalue weighted by atomic mass is 9.87. The van der Waals surface area contributed by atoms with Crippen LogP contribution < -0.4 is 0 Å². The number of nitrogens with zero attached hydrogens (tertiary/aromatic N) is 1. The van der Waals surface area contributed by atoms with Gasteiger partial charge in [-0.05, 0) is 11.5 Å². The molecule has 88 valence electrons. The van der Waals surface area contributed by atoms with E-state index in [1.807, 2.05) is 6.07 Å². The summed E-state index contributed by atoms with van der Waals surface area (Å²) in [4.78, 5) is 2.39. The van der Waals surface area contributed by atoms with E-state index in [2.05, 4.69) is 43.0 Å². The second-order valence-corrected chi connectivity index (χ2v) is 5.17. The maximum Gasteiger partial charge on any atom is 0.0615 e. The van der Waals surface area contributed by atoms with Crippen LogP contribution in [0.5, 0.6) is 0 Å². The van der Waals surface area contributed by atoms with E-state index in [1.54, 1.807) is 0 Å². The van der Waals surface area contributed by atoms with Crippen molar-refractivity contribution in [2.24, 2.45) is 11.8 Å². The Balaban J connectivity index is 1.77. The van der Waals surface area contributed by atoms with E-state index in [1.165, 1.54) is 5.56 Å². The molecule has 1 saturated heterocycles. The topological polar surface area (TPSA) is 23.5 Å². The lowest BCUT2D eigenvalue weighted by Gasteiger charge is -2.43. The van der Waals surface area contributed by atoms with Crippen molar-refractivity contribution >= 4 is 0 Å². The number of hydrogen-bond acceptors (Lipinski definition) is 2. The largest absolute Gasteiger partial charge is 0.392 e. The zero-order valence-electron chi connectivity index (χ0n) is 10.1. The first kappa shape index (κ1) is 11.6. The van der Waals surface area contributed by atoms with Crippen molar-refractivity contribution in [1.29, 1.82) is 0 Å². The van der Waals surface area contributed by atoms with Gasteiger partial charge in [-0.25, -0.2) is 0 Å². The summed E-state index contributed by atoms with van der Waals surface area (Å²) < 4.78 is 0. The highest BCUT2D eigenvalue weighted by Gasteiger charge is 2.33. The Bertz CT molecular complexity index is 317. The molecule has 0 radical (unpaired) electrons. The third-order valence-corrected chi connectivity index (χ3v) is 3.40. The molecule has 1 N–H and O–H groups in total. The van der Waals surface area contributed by atoms with Crippen LogP contribution in [0, 0.1) is 11.8 Å². The van der Waals surface area contributed by atoms with Crippen LogP contribution in [-0.4, -0.2) is 29.2 Å². The highest BCUT2D eigenvalue weighted by molar-refractivity contribution is 5.14. The van der Waals surface area contributed by atoms with Crippen LogP contribution in [0.25, 0.3) is 0 Å². The highest BCUT2D eigenvalue weighted by Crippen LogP contribution is 2.25. The van der Waals surface area contributed by atoms with Gasteiger partial charge < -0.3 is 5.11 Å². The van der Waals surface area contributed by atoms with Gasteiger partial charge in [0.05, 0.1) is 6.10 Å². The number of hydrogen-bond donors (Lipinski definition) is 1. The minimum absolute atomic E-state index is 0.132. The Labute approximate surface area is 97.9 Å². The van der Waals surface area contributed by atoms with Crippen molar-refractivity contribution in [2.75, 3.05) is 13.1 Å². The summed E-state index contributed by atoms with van der Waals surface area (Å²) in [5.74, 6) is 0.854. The minimum Gasteiger partial charge on any atom is -0.392 e. The van der Waals surface area contributed by atoms with E-state index in [-0.39, 0.29) is 6.10 Å². The predicted octanol–water partition coefficient (Wildman–Crippen LogP) is 2.14. The molecule has 1 aliphatic rings. The van der Waals surface area contributed by atoms with Gasteiger partial charge in [-0.1, -0.05) is 44.2 Å². The first-order chi connectivity index (χ1) is 7.66. The number of aliphatic hydroxyl groups excluding tert-OH is 1. The smallest absolute Gasteiger partial charge is 0.0615 e. The minimum atomic E-state index is -0.132. The maximum atomic E-state index is 9.90. The molecular weight excluding hydrogens is 198 g/mol. The van der Waals surface area contributed by atoms with Crippen LogP contribution >= 0.6 is 0 Å². The molecular formula is C14H21NO. The number of rotatable bonds is 4. The summed E-state index contributed by atoms with van der Waals surface area (Å²) in [5, 5.41) is 9.90. The fourth-order valence-electron chi connectivity index (χ4n) is 2.34. The van der Waals surface area contributed by atoms with Crippen LogP contribution in [0.3, 0.4) is 0 Å². The Kier molecular flexibility index (Phi) is 3.62. The van der Waals surface area contributed by atoms with Gasteiger partial charge >= 0.3 is 0 Å². The second-order valence-electron chi connectivity index (χ2n) is 5.17. The van der Waals surface area contributed by atoms with Crippen molar-refractivity contribution in [3.05, 3.63) is 35.9 Å². The summed E-state index contributed by atoms with van der Waals surface area (Å²) in [6.45, 7) is 7.26. The molecule has 2 nitrogen and oxygen atoms in total. The van der Waals surface area contributed by atoms with E-state index in [0.717, 1.165) is 19.6 Å². The summed E-state index contributed by atoms with van der Waals surface area (Å²) in [5.41, 5.74) is 1.36. The monoisotopic (exact) mass is 219 g/mol. The van der Waals surface area contributed by atoms with Crippen molar-refractivity contribution in [3.63, 3.8) is 0 Å². The average Bonchev–Trinajstić information content (AvgIpc) is 2.23. The molecule has 2 heteroatoms. The van der Waals surface area contributed by atoms with Gasteiger partial charge in [-0.3, -0.25) is 4.90 Å². The lowest BCUT2D eigenvalue weighted by molar-refractivity contribution is -0.0299. The van der Waals surface area contributed by atoms with Gasteiger partial charge in [0, 0.05) is 25.6 Å². The van der Waals surface area contributed by atoms with Crippen LogP contribution in [-0.2, 0) is 6.54 Å². The molecule has 0 spiro atoms. The molecule has 0 aromatic heterocycles. The molecule has 1 aromatic carbocycles. The van der Waals surface area contributed by atoms with Crippen LogP contribution in [0.1, 0.15) is 19.4 Å². The molecule has 1 aromatic rings. The molecule has 16 heavy (non-hydrogen) atoms. The SMILES string of the molecule is CC(C)C(O)C1CN(Cc2ccccc2)C1. The quantitative estimate of drug-likeness (QED) is 0.838. The van der Waals surface area contributed by atoms with Gasteiger partial charge in [0.2, 0.25) is 0 Å². The second kappa shape index (κ2) is 4.98. The molecule has 0 bridgehead atoms. The maximum absolute atomic E-state index is 9.90. The average molecular weight is 219 g/mol. The van der Waals surface area contributed by atoms with Crippen LogP contribution in [0.15, 0.2) is 30.3 Å². The number of benzene rings is 1. The van der Waals surface area contributed by atoms with E-state index < -0.39 is 0 Å². The van der Waals surface area contributed by atoms with Crippen LogP contribution in [0.2, 0.25) is 0 Å². The van der Waals surface area contributed by atoms with Gasteiger partial charge in [0.25, 0.3) is 0 Å². The van der Waals surface area contributed by atoms with Crippen molar-refractivity contribution in [3.8, 4) is 0 Å². The molecule has 1 unspecified atom stereocenters. The first-order valence-electron chi connectivity index (χ1n) is 6.11. The predicted molar refractivity (Wildman–Crippen MR) is 66.1 cm³/mol. The normalized spacial score (nSPS) is 19.8. The first-order valence-corrected chi connectivity index (χ1v) is 6.11. The molecule has 2 rings (SSSR count). The molecule has 0 amide bonds. The Morgan fingerprint density at radius 3 is 2.44 bits per heavy atom. The Morgan fingerprint density at radius 1 is 1.25 bits per heavy atom. The Morgan fingerprint density at radius 2 is 1.88 bits per heavy atom.